The molecule has 35 heavy (non-hydrogen) atoms. The second kappa shape index (κ2) is 9.92. The van der Waals surface area contributed by atoms with Gasteiger partial charge in [-0.15, -0.1) is 0 Å². The molecule has 4 aromatic rings. The first kappa shape index (κ1) is 23.2. The minimum absolute atomic E-state index is 0.0221. The number of nitrogens with zero attached hydrogens (tertiary/aromatic N) is 5. The van der Waals surface area contributed by atoms with E-state index in [4.69, 9.17) is 0 Å². The second-order valence-electron chi connectivity index (χ2n) is 7.68. The standard InChI is InChI=1S/C26H21N5O4/c1-18(32)30(19(2)33)26-28-25(23-13-11-22(12-14-23)21-8-4-3-5-9-21)17-29(26)27-16-20-7-6-10-24(15-20)31(34)35/h3-17H,1-2H3/b27-16+. The number of aromatic nitrogens is 2. The summed E-state index contributed by atoms with van der Waals surface area (Å²) in [5.74, 6) is -1.00. The number of nitro benzene ring substituents is 1. The van der Waals surface area contributed by atoms with Gasteiger partial charge in [-0.25, -0.2) is 14.6 Å². The Kier molecular flexibility index (Phi) is 6.59. The maximum Gasteiger partial charge on any atom is 0.270 e. The van der Waals surface area contributed by atoms with Gasteiger partial charge >= 0.3 is 0 Å². The zero-order chi connectivity index (χ0) is 24.9. The second-order valence-corrected chi connectivity index (χ2v) is 7.68. The molecular formula is C26H21N5O4. The summed E-state index contributed by atoms with van der Waals surface area (Å²) in [4.78, 5) is 40.4. The molecule has 0 aliphatic carbocycles. The van der Waals surface area contributed by atoms with Gasteiger partial charge < -0.3 is 0 Å². The fourth-order valence-electron chi connectivity index (χ4n) is 3.55. The van der Waals surface area contributed by atoms with Crippen molar-refractivity contribution < 1.29 is 14.5 Å². The van der Waals surface area contributed by atoms with Crippen molar-refractivity contribution in [3.8, 4) is 22.4 Å². The van der Waals surface area contributed by atoms with E-state index in [2.05, 4.69) is 10.1 Å². The Hall–Kier alpha value is -4.92. The molecule has 0 N–H and O–H groups in total. The molecule has 0 bridgehead atoms. The summed E-state index contributed by atoms with van der Waals surface area (Å²) in [5, 5.41) is 15.4. The maximum absolute atomic E-state index is 12.2. The Morgan fingerprint density at radius 1 is 0.914 bits per heavy atom. The van der Waals surface area contributed by atoms with Gasteiger partial charge in [0, 0.05) is 37.1 Å². The fraction of sp³-hybridized carbons (Fsp3) is 0.0769. The first-order chi connectivity index (χ1) is 16.8. The van der Waals surface area contributed by atoms with Gasteiger partial charge in [0.2, 0.25) is 17.8 Å². The lowest BCUT2D eigenvalue weighted by Gasteiger charge is -2.15. The first-order valence-corrected chi connectivity index (χ1v) is 10.7. The third-order valence-corrected chi connectivity index (χ3v) is 5.20. The highest BCUT2D eigenvalue weighted by Crippen LogP contribution is 2.27. The number of benzene rings is 3. The summed E-state index contributed by atoms with van der Waals surface area (Å²) in [5.41, 5.74) is 3.78. The summed E-state index contributed by atoms with van der Waals surface area (Å²) < 4.78 is 1.31. The number of hydrogen-bond acceptors (Lipinski definition) is 6. The molecule has 0 spiro atoms. The predicted octanol–water partition coefficient (Wildman–Crippen LogP) is 4.91. The van der Waals surface area contributed by atoms with Crippen molar-refractivity contribution in [2.45, 2.75) is 13.8 Å². The lowest BCUT2D eigenvalue weighted by atomic mass is 10.0. The van der Waals surface area contributed by atoms with Crippen LogP contribution in [0.25, 0.3) is 22.4 Å². The number of imide groups is 1. The molecule has 0 unspecified atom stereocenters. The molecule has 0 aliphatic rings. The van der Waals surface area contributed by atoms with Gasteiger partial charge in [0.15, 0.2) is 0 Å². The van der Waals surface area contributed by atoms with E-state index in [1.807, 2.05) is 54.6 Å². The number of nitro groups is 1. The van der Waals surface area contributed by atoms with Gasteiger partial charge in [-0.3, -0.25) is 19.7 Å². The smallest absolute Gasteiger partial charge is 0.270 e. The normalized spacial score (nSPS) is 10.9. The van der Waals surface area contributed by atoms with Crippen molar-refractivity contribution in [1.82, 2.24) is 9.66 Å². The van der Waals surface area contributed by atoms with Crippen LogP contribution in [0, 0.1) is 10.1 Å². The minimum Gasteiger partial charge on any atom is -0.274 e. The SMILES string of the molecule is CC(=O)N(C(C)=O)c1nc(-c2ccc(-c3ccccc3)cc2)cn1/N=C/c1cccc([N+](=O)[O-])c1. The number of amides is 2. The quantitative estimate of drug-likeness (QED) is 0.227. The summed E-state index contributed by atoms with van der Waals surface area (Å²) in [6.07, 6.45) is 3.00. The zero-order valence-corrected chi connectivity index (χ0v) is 19.0. The number of carbonyl (C=O) groups is 2. The molecule has 9 nitrogen and oxygen atoms in total. The molecule has 0 radical (unpaired) electrons. The maximum atomic E-state index is 12.2. The lowest BCUT2D eigenvalue weighted by molar-refractivity contribution is -0.384. The topological polar surface area (TPSA) is 111 Å². The highest BCUT2D eigenvalue weighted by molar-refractivity contribution is 6.12. The van der Waals surface area contributed by atoms with Crippen LogP contribution in [0.4, 0.5) is 11.6 Å². The fourth-order valence-corrected chi connectivity index (χ4v) is 3.55. The third kappa shape index (κ3) is 5.19. The number of rotatable bonds is 6. The van der Waals surface area contributed by atoms with Crippen molar-refractivity contribution in [1.29, 1.82) is 0 Å². The van der Waals surface area contributed by atoms with Crippen LogP contribution in [0.15, 0.2) is 90.2 Å². The number of carbonyl (C=O) groups excluding carboxylic acids is 2. The highest BCUT2D eigenvalue weighted by Gasteiger charge is 2.23. The molecule has 4 rings (SSSR count). The van der Waals surface area contributed by atoms with Crippen LogP contribution < -0.4 is 4.90 Å². The van der Waals surface area contributed by atoms with Gasteiger partial charge in [0.25, 0.3) is 5.69 Å². The van der Waals surface area contributed by atoms with E-state index in [1.165, 1.54) is 36.9 Å². The van der Waals surface area contributed by atoms with E-state index in [-0.39, 0.29) is 11.6 Å². The molecule has 0 saturated heterocycles. The van der Waals surface area contributed by atoms with E-state index in [9.17, 15) is 19.7 Å². The Morgan fingerprint density at radius 2 is 1.54 bits per heavy atom. The Balaban J connectivity index is 1.74. The van der Waals surface area contributed by atoms with Gasteiger partial charge in [0.1, 0.15) is 0 Å². The van der Waals surface area contributed by atoms with Gasteiger partial charge in [0.05, 0.1) is 23.0 Å². The van der Waals surface area contributed by atoms with Crippen LogP contribution >= 0.6 is 0 Å². The van der Waals surface area contributed by atoms with E-state index in [0.717, 1.165) is 21.6 Å². The molecular weight excluding hydrogens is 446 g/mol. The number of anilines is 1. The predicted molar refractivity (Wildman–Crippen MR) is 133 cm³/mol. The Morgan fingerprint density at radius 3 is 2.17 bits per heavy atom. The minimum atomic E-state index is -0.513. The molecule has 2 amide bonds. The summed E-state index contributed by atoms with van der Waals surface area (Å²) >= 11 is 0. The van der Waals surface area contributed by atoms with Crippen LogP contribution in [0.2, 0.25) is 0 Å². The van der Waals surface area contributed by atoms with E-state index in [1.54, 1.807) is 18.3 Å². The van der Waals surface area contributed by atoms with Crippen LogP contribution in [-0.4, -0.2) is 32.6 Å². The van der Waals surface area contributed by atoms with Crippen LogP contribution in [0.1, 0.15) is 19.4 Å². The lowest BCUT2D eigenvalue weighted by Crippen LogP contribution is -2.35. The average molecular weight is 467 g/mol. The average Bonchev–Trinajstić information content (AvgIpc) is 3.26. The Bertz CT molecular complexity index is 1410. The van der Waals surface area contributed by atoms with Crippen molar-refractivity contribution in [3.05, 3.63) is 101 Å². The van der Waals surface area contributed by atoms with Crippen molar-refractivity contribution in [2.24, 2.45) is 5.10 Å². The van der Waals surface area contributed by atoms with Gasteiger partial charge in [-0.05, 0) is 11.1 Å². The van der Waals surface area contributed by atoms with Crippen LogP contribution in [0.3, 0.4) is 0 Å². The molecule has 1 heterocycles. The number of hydrogen-bond donors (Lipinski definition) is 0. The molecule has 0 aliphatic heterocycles. The molecule has 0 atom stereocenters. The number of imidazole rings is 1. The summed E-state index contributed by atoms with van der Waals surface area (Å²) in [7, 11) is 0. The van der Waals surface area contributed by atoms with Crippen molar-refractivity contribution in [3.63, 3.8) is 0 Å². The van der Waals surface area contributed by atoms with E-state index >= 15 is 0 Å². The largest absolute Gasteiger partial charge is 0.274 e. The monoisotopic (exact) mass is 467 g/mol. The molecule has 9 heteroatoms. The van der Waals surface area contributed by atoms with Crippen molar-refractivity contribution >= 4 is 29.7 Å². The van der Waals surface area contributed by atoms with Gasteiger partial charge in [-0.1, -0.05) is 66.7 Å². The molecule has 174 valence electrons. The molecule has 0 fully saturated rings. The molecule has 1 aromatic heterocycles. The zero-order valence-electron chi connectivity index (χ0n) is 19.0. The molecule has 3 aromatic carbocycles. The van der Waals surface area contributed by atoms with Crippen LogP contribution in [0.5, 0.6) is 0 Å². The number of non-ortho nitro benzene ring substituents is 1. The van der Waals surface area contributed by atoms with E-state index in [0.29, 0.717) is 11.3 Å². The Labute approximate surface area is 201 Å². The van der Waals surface area contributed by atoms with E-state index < -0.39 is 16.7 Å². The first-order valence-electron chi connectivity index (χ1n) is 10.7. The summed E-state index contributed by atoms with van der Waals surface area (Å²) in [6.45, 7) is 2.53. The molecule has 0 saturated carbocycles. The third-order valence-electron chi connectivity index (χ3n) is 5.20. The summed E-state index contributed by atoms with van der Waals surface area (Å²) in [6, 6.07) is 23.6. The van der Waals surface area contributed by atoms with Crippen LogP contribution in [-0.2, 0) is 9.59 Å². The van der Waals surface area contributed by atoms with Crippen molar-refractivity contribution in [2.75, 3.05) is 4.90 Å². The highest BCUT2D eigenvalue weighted by atomic mass is 16.6. The van der Waals surface area contributed by atoms with Gasteiger partial charge in [-0.2, -0.15) is 5.10 Å².